The molecule has 0 spiro atoms. The van der Waals surface area contributed by atoms with Gasteiger partial charge in [-0.3, -0.25) is 9.89 Å². The Hall–Kier alpha value is -2.83. The van der Waals surface area contributed by atoms with E-state index < -0.39 is 5.97 Å². The number of para-hydroxylation sites is 1. The zero-order chi connectivity index (χ0) is 14.4. The van der Waals surface area contributed by atoms with Gasteiger partial charge in [0.25, 0.3) is 0 Å². The molecular formula is C13H13N3O4. The Morgan fingerprint density at radius 1 is 1.30 bits per heavy atom. The molecule has 0 atom stereocenters. The standard InChI is InChI=1S/C13H13N3O4/c17-12(6-7-20-9-4-2-1-3-5-9)14-11-8-10(13(18)19)15-16-11/h1-5,8H,6-7H2,(H,18,19)(H2,14,15,16,17). The molecule has 2 aromatic rings. The van der Waals surface area contributed by atoms with Crippen molar-refractivity contribution in [1.82, 2.24) is 10.2 Å². The van der Waals surface area contributed by atoms with Gasteiger partial charge in [-0.05, 0) is 12.1 Å². The molecule has 1 aromatic carbocycles. The predicted octanol–water partition coefficient (Wildman–Crippen LogP) is 1.52. The molecule has 0 aliphatic carbocycles. The molecule has 1 amide bonds. The number of H-pyrrole nitrogens is 1. The Kier molecular flexibility index (Phi) is 4.33. The molecule has 1 aromatic heterocycles. The second kappa shape index (κ2) is 6.37. The van der Waals surface area contributed by atoms with E-state index in [2.05, 4.69) is 15.5 Å². The normalized spacial score (nSPS) is 10.0. The highest BCUT2D eigenvalue weighted by atomic mass is 16.5. The fraction of sp³-hybridized carbons (Fsp3) is 0.154. The number of amides is 1. The summed E-state index contributed by atoms with van der Waals surface area (Å²) >= 11 is 0. The van der Waals surface area contributed by atoms with Crippen LogP contribution in [0.1, 0.15) is 16.9 Å². The second-order valence-electron chi connectivity index (χ2n) is 3.93. The van der Waals surface area contributed by atoms with E-state index in [1.54, 1.807) is 12.1 Å². The first kappa shape index (κ1) is 13.6. The van der Waals surface area contributed by atoms with Crippen LogP contribution in [0.15, 0.2) is 36.4 Å². The summed E-state index contributed by atoms with van der Waals surface area (Å²) < 4.78 is 5.37. The van der Waals surface area contributed by atoms with Gasteiger partial charge < -0.3 is 15.2 Å². The van der Waals surface area contributed by atoms with Gasteiger partial charge in [-0.1, -0.05) is 18.2 Å². The van der Waals surface area contributed by atoms with Crippen molar-refractivity contribution in [1.29, 1.82) is 0 Å². The number of carbonyl (C=O) groups is 2. The number of nitrogens with one attached hydrogen (secondary N) is 2. The molecule has 0 fully saturated rings. The van der Waals surface area contributed by atoms with Crippen molar-refractivity contribution in [3.05, 3.63) is 42.1 Å². The monoisotopic (exact) mass is 275 g/mol. The summed E-state index contributed by atoms with van der Waals surface area (Å²) in [5.74, 6) is -0.574. The third-order valence-corrected chi connectivity index (χ3v) is 2.42. The Morgan fingerprint density at radius 2 is 2.05 bits per heavy atom. The van der Waals surface area contributed by atoms with E-state index >= 15 is 0 Å². The largest absolute Gasteiger partial charge is 0.493 e. The maximum atomic E-state index is 11.6. The van der Waals surface area contributed by atoms with Crippen LogP contribution in [0.25, 0.3) is 0 Å². The molecule has 0 unspecified atom stereocenters. The average Bonchev–Trinajstić information content (AvgIpc) is 2.88. The molecule has 104 valence electrons. The molecule has 7 nitrogen and oxygen atoms in total. The SMILES string of the molecule is O=C(CCOc1ccccc1)Nc1cc(C(=O)O)[nH]n1. The number of rotatable bonds is 6. The summed E-state index contributed by atoms with van der Waals surface area (Å²) in [5, 5.41) is 17.1. The lowest BCUT2D eigenvalue weighted by Gasteiger charge is -2.05. The van der Waals surface area contributed by atoms with Gasteiger partial charge in [-0.15, -0.1) is 0 Å². The fourth-order valence-electron chi connectivity index (χ4n) is 1.48. The van der Waals surface area contributed by atoms with Crippen LogP contribution in [0.3, 0.4) is 0 Å². The molecule has 20 heavy (non-hydrogen) atoms. The van der Waals surface area contributed by atoms with Crippen LogP contribution in [0, 0.1) is 0 Å². The molecule has 0 aliphatic heterocycles. The van der Waals surface area contributed by atoms with E-state index in [1.807, 2.05) is 18.2 Å². The lowest BCUT2D eigenvalue weighted by molar-refractivity contribution is -0.116. The molecule has 0 saturated heterocycles. The number of carboxylic acids is 1. The Balaban J connectivity index is 1.76. The van der Waals surface area contributed by atoms with E-state index in [-0.39, 0.29) is 30.4 Å². The first-order valence-electron chi connectivity index (χ1n) is 5.91. The molecule has 0 saturated carbocycles. The molecular weight excluding hydrogens is 262 g/mol. The van der Waals surface area contributed by atoms with Crippen molar-refractivity contribution in [2.24, 2.45) is 0 Å². The molecule has 2 rings (SSSR count). The average molecular weight is 275 g/mol. The molecule has 1 heterocycles. The lowest BCUT2D eigenvalue weighted by Crippen LogP contribution is -2.15. The maximum absolute atomic E-state index is 11.6. The minimum atomic E-state index is -1.13. The number of aromatic amines is 1. The van der Waals surface area contributed by atoms with Crippen LogP contribution in [-0.4, -0.2) is 33.8 Å². The quantitative estimate of drug-likeness (QED) is 0.741. The van der Waals surface area contributed by atoms with Gasteiger partial charge in [-0.2, -0.15) is 5.10 Å². The van der Waals surface area contributed by atoms with Crippen molar-refractivity contribution in [2.45, 2.75) is 6.42 Å². The minimum absolute atomic E-state index is 0.0826. The third kappa shape index (κ3) is 3.84. The first-order chi connectivity index (χ1) is 9.65. The Labute approximate surface area is 114 Å². The van der Waals surface area contributed by atoms with Crippen LogP contribution < -0.4 is 10.1 Å². The van der Waals surface area contributed by atoms with E-state index in [1.165, 1.54) is 6.07 Å². The van der Waals surface area contributed by atoms with Crippen molar-refractivity contribution < 1.29 is 19.4 Å². The van der Waals surface area contributed by atoms with Crippen LogP contribution in [0.2, 0.25) is 0 Å². The zero-order valence-corrected chi connectivity index (χ0v) is 10.5. The summed E-state index contributed by atoms with van der Waals surface area (Å²) in [4.78, 5) is 22.2. The number of hydrogen-bond donors (Lipinski definition) is 3. The van der Waals surface area contributed by atoms with E-state index in [9.17, 15) is 9.59 Å². The second-order valence-corrected chi connectivity index (χ2v) is 3.93. The molecule has 3 N–H and O–H groups in total. The highest BCUT2D eigenvalue weighted by Gasteiger charge is 2.10. The fourth-order valence-corrected chi connectivity index (χ4v) is 1.48. The summed E-state index contributed by atoms with van der Waals surface area (Å²) in [6, 6.07) is 10.4. The van der Waals surface area contributed by atoms with Crippen molar-refractivity contribution in [3.63, 3.8) is 0 Å². The van der Waals surface area contributed by atoms with Crippen LogP contribution >= 0.6 is 0 Å². The van der Waals surface area contributed by atoms with Crippen LogP contribution in [0.4, 0.5) is 5.82 Å². The highest BCUT2D eigenvalue weighted by Crippen LogP contribution is 2.09. The molecule has 0 bridgehead atoms. The van der Waals surface area contributed by atoms with Crippen molar-refractivity contribution >= 4 is 17.7 Å². The number of hydrogen-bond acceptors (Lipinski definition) is 4. The number of ether oxygens (including phenoxy) is 1. The van der Waals surface area contributed by atoms with Gasteiger partial charge in [0.2, 0.25) is 5.91 Å². The van der Waals surface area contributed by atoms with Gasteiger partial charge in [0.15, 0.2) is 5.82 Å². The predicted molar refractivity (Wildman–Crippen MR) is 70.7 cm³/mol. The van der Waals surface area contributed by atoms with E-state index in [0.717, 1.165) is 0 Å². The molecule has 0 radical (unpaired) electrons. The number of benzene rings is 1. The van der Waals surface area contributed by atoms with Crippen molar-refractivity contribution in [3.8, 4) is 5.75 Å². The Morgan fingerprint density at radius 3 is 2.70 bits per heavy atom. The van der Waals surface area contributed by atoms with Crippen molar-refractivity contribution in [2.75, 3.05) is 11.9 Å². The third-order valence-electron chi connectivity index (χ3n) is 2.42. The number of carbonyl (C=O) groups excluding carboxylic acids is 1. The van der Waals surface area contributed by atoms with Crippen LogP contribution in [0.5, 0.6) is 5.75 Å². The van der Waals surface area contributed by atoms with E-state index in [0.29, 0.717) is 5.75 Å². The summed E-state index contributed by atoms with van der Waals surface area (Å²) in [6.07, 6.45) is 0.143. The van der Waals surface area contributed by atoms with Gasteiger partial charge in [0.1, 0.15) is 11.4 Å². The summed E-state index contributed by atoms with van der Waals surface area (Å²) in [6.45, 7) is 0.228. The van der Waals surface area contributed by atoms with Gasteiger partial charge >= 0.3 is 5.97 Å². The molecule has 7 heteroatoms. The Bertz CT molecular complexity index is 595. The first-order valence-corrected chi connectivity index (χ1v) is 5.91. The minimum Gasteiger partial charge on any atom is -0.493 e. The van der Waals surface area contributed by atoms with Gasteiger partial charge in [-0.25, -0.2) is 4.79 Å². The number of nitrogens with zero attached hydrogens (tertiary/aromatic N) is 1. The van der Waals surface area contributed by atoms with Gasteiger partial charge in [0.05, 0.1) is 13.0 Å². The maximum Gasteiger partial charge on any atom is 0.353 e. The topological polar surface area (TPSA) is 104 Å². The van der Waals surface area contributed by atoms with Gasteiger partial charge in [0, 0.05) is 6.07 Å². The number of aromatic carboxylic acids is 1. The highest BCUT2D eigenvalue weighted by molar-refractivity contribution is 5.92. The summed E-state index contributed by atoms with van der Waals surface area (Å²) in [7, 11) is 0. The number of aromatic nitrogens is 2. The lowest BCUT2D eigenvalue weighted by atomic mass is 10.3. The molecule has 0 aliphatic rings. The van der Waals surface area contributed by atoms with E-state index in [4.69, 9.17) is 9.84 Å². The zero-order valence-electron chi connectivity index (χ0n) is 10.5. The number of anilines is 1. The summed E-state index contributed by atoms with van der Waals surface area (Å²) in [5.41, 5.74) is -0.0826. The van der Waals surface area contributed by atoms with Crippen LogP contribution in [-0.2, 0) is 4.79 Å². The number of carboxylic acid groups (broad SMARTS) is 1. The smallest absolute Gasteiger partial charge is 0.353 e.